The number of nitrogens with zero attached hydrogens (tertiary/aromatic N) is 1. The fourth-order valence-electron chi connectivity index (χ4n) is 2.49. The maximum absolute atomic E-state index is 12.8. The number of rotatable bonds is 4. The van der Waals surface area contributed by atoms with Gasteiger partial charge in [-0.3, -0.25) is 9.59 Å². The van der Waals surface area contributed by atoms with E-state index in [-0.39, 0.29) is 6.54 Å². The molecule has 1 heterocycles. The van der Waals surface area contributed by atoms with Crippen molar-refractivity contribution >= 4 is 11.8 Å². The van der Waals surface area contributed by atoms with E-state index >= 15 is 0 Å². The van der Waals surface area contributed by atoms with Gasteiger partial charge in [-0.2, -0.15) is 13.2 Å². The molecule has 5 nitrogen and oxygen atoms in total. The minimum atomic E-state index is -4.55. The quantitative estimate of drug-likeness (QED) is 0.915. The number of benzene rings is 1. The lowest BCUT2D eigenvalue weighted by Gasteiger charge is -2.31. The highest BCUT2D eigenvalue weighted by molar-refractivity contribution is 5.81. The number of nitrogens with two attached hydrogens (primary N) is 1. The smallest absolute Gasteiger partial charge is 0.419 e. The molecule has 1 atom stereocenters. The lowest BCUT2D eigenvalue weighted by molar-refractivity contribution is -0.142. The molecule has 1 aliphatic rings. The Hall–Kier alpha value is -2.25. The average molecular weight is 330 g/mol. The standard InChI is InChI=1S/C15H17F3N2O3/c16-15(17,18)11-5-1-2-6-12(11)23-9-13(21)20-7-3-4-10(8-20)14(19)22/h1-2,5-6,10H,3-4,7-9H2,(H2,19,22)/t10-/m1/s1. The molecule has 23 heavy (non-hydrogen) atoms. The molecule has 1 saturated heterocycles. The summed E-state index contributed by atoms with van der Waals surface area (Å²) in [7, 11) is 0. The summed E-state index contributed by atoms with van der Waals surface area (Å²) in [5, 5.41) is 0. The van der Waals surface area contributed by atoms with Crippen LogP contribution in [0.3, 0.4) is 0 Å². The highest BCUT2D eigenvalue weighted by Gasteiger charge is 2.34. The van der Waals surface area contributed by atoms with E-state index in [2.05, 4.69) is 0 Å². The van der Waals surface area contributed by atoms with Gasteiger partial charge < -0.3 is 15.4 Å². The van der Waals surface area contributed by atoms with Gasteiger partial charge in [0.05, 0.1) is 11.5 Å². The van der Waals surface area contributed by atoms with Gasteiger partial charge in [0.15, 0.2) is 6.61 Å². The number of hydrogen-bond acceptors (Lipinski definition) is 3. The number of ether oxygens (including phenoxy) is 1. The van der Waals surface area contributed by atoms with E-state index in [4.69, 9.17) is 10.5 Å². The van der Waals surface area contributed by atoms with Crippen molar-refractivity contribution < 1.29 is 27.5 Å². The minimum absolute atomic E-state index is 0.179. The van der Waals surface area contributed by atoms with E-state index in [1.807, 2.05) is 0 Å². The molecule has 1 aromatic carbocycles. The van der Waals surface area contributed by atoms with E-state index in [1.54, 1.807) is 0 Å². The third-order valence-corrected chi connectivity index (χ3v) is 3.72. The molecular weight excluding hydrogens is 313 g/mol. The lowest BCUT2D eigenvalue weighted by Crippen LogP contribution is -2.45. The van der Waals surface area contributed by atoms with Gasteiger partial charge in [0.25, 0.3) is 5.91 Å². The fraction of sp³-hybridized carbons (Fsp3) is 0.467. The van der Waals surface area contributed by atoms with Crippen LogP contribution in [0.25, 0.3) is 0 Å². The van der Waals surface area contributed by atoms with Gasteiger partial charge in [0.1, 0.15) is 5.75 Å². The van der Waals surface area contributed by atoms with Crippen LogP contribution in [-0.4, -0.2) is 36.4 Å². The summed E-state index contributed by atoms with van der Waals surface area (Å²) >= 11 is 0. The van der Waals surface area contributed by atoms with Gasteiger partial charge >= 0.3 is 6.18 Å². The predicted octanol–water partition coefficient (Wildman–Crippen LogP) is 1.81. The van der Waals surface area contributed by atoms with E-state index in [0.717, 1.165) is 6.07 Å². The first kappa shape index (κ1) is 17.1. The molecule has 0 unspecified atom stereocenters. The number of para-hydroxylation sites is 1. The molecule has 8 heteroatoms. The Kier molecular flexibility index (Phi) is 5.12. The SMILES string of the molecule is NC(=O)[C@@H]1CCCN(C(=O)COc2ccccc2C(F)(F)F)C1. The third kappa shape index (κ3) is 4.37. The van der Waals surface area contributed by atoms with Crippen LogP contribution in [0.4, 0.5) is 13.2 Å². The van der Waals surface area contributed by atoms with Crippen LogP contribution >= 0.6 is 0 Å². The first-order valence-corrected chi connectivity index (χ1v) is 7.15. The molecular formula is C15H17F3N2O3. The fourth-order valence-corrected chi connectivity index (χ4v) is 2.49. The van der Waals surface area contributed by atoms with Crippen molar-refractivity contribution in [1.29, 1.82) is 0 Å². The van der Waals surface area contributed by atoms with Crippen molar-refractivity contribution in [1.82, 2.24) is 4.90 Å². The molecule has 2 rings (SSSR count). The topological polar surface area (TPSA) is 72.6 Å². The summed E-state index contributed by atoms with van der Waals surface area (Å²) in [6.45, 7) is 0.101. The number of primary amides is 1. The van der Waals surface area contributed by atoms with E-state index in [9.17, 15) is 22.8 Å². The normalized spacial score (nSPS) is 18.6. The zero-order chi connectivity index (χ0) is 17.0. The minimum Gasteiger partial charge on any atom is -0.483 e. The van der Waals surface area contributed by atoms with Crippen LogP contribution in [0.2, 0.25) is 0 Å². The molecule has 0 radical (unpaired) electrons. The largest absolute Gasteiger partial charge is 0.483 e. The number of carbonyl (C=O) groups is 2. The van der Waals surface area contributed by atoms with Crippen LogP contribution in [0.1, 0.15) is 18.4 Å². The maximum Gasteiger partial charge on any atom is 0.419 e. The molecule has 2 amide bonds. The lowest BCUT2D eigenvalue weighted by atomic mass is 9.97. The van der Waals surface area contributed by atoms with Crippen molar-refractivity contribution in [2.24, 2.45) is 11.7 Å². The summed E-state index contributed by atoms with van der Waals surface area (Å²) in [4.78, 5) is 24.7. The summed E-state index contributed by atoms with van der Waals surface area (Å²) in [5.41, 5.74) is 4.30. The molecule has 126 valence electrons. The van der Waals surface area contributed by atoms with Crippen LogP contribution in [0.5, 0.6) is 5.75 Å². The second-order valence-electron chi connectivity index (χ2n) is 5.36. The van der Waals surface area contributed by atoms with E-state index in [1.165, 1.54) is 23.1 Å². The van der Waals surface area contributed by atoms with Gasteiger partial charge in [0.2, 0.25) is 5.91 Å². The summed E-state index contributed by atoms with van der Waals surface area (Å²) in [6, 6.07) is 4.71. The molecule has 1 aliphatic heterocycles. The molecule has 0 bridgehead atoms. The van der Waals surface area contributed by atoms with Gasteiger partial charge in [-0.05, 0) is 25.0 Å². The zero-order valence-corrected chi connectivity index (χ0v) is 12.3. The predicted molar refractivity (Wildman–Crippen MR) is 75.4 cm³/mol. The summed E-state index contributed by atoms with van der Waals surface area (Å²) < 4.78 is 43.6. The van der Waals surface area contributed by atoms with Gasteiger partial charge in [-0.1, -0.05) is 12.1 Å². The Morgan fingerprint density at radius 3 is 2.65 bits per heavy atom. The van der Waals surface area contributed by atoms with Crippen LogP contribution in [0.15, 0.2) is 24.3 Å². The molecule has 0 aliphatic carbocycles. The first-order chi connectivity index (χ1) is 10.8. The maximum atomic E-state index is 12.8. The molecule has 2 N–H and O–H groups in total. The van der Waals surface area contributed by atoms with Crippen molar-refractivity contribution in [3.05, 3.63) is 29.8 Å². The monoisotopic (exact) mass is 330 g/mol. The Bertz CT molecular complexity index is 590. The summed E-state index contributed by atoms with van der Waals surface area (Å²) in [6.07, 6.45) is -3.32. The van der Waals surface area contributed by atoms with E-state index in [0.29, 0.717) is 19.4 Å². The highest BCUT2D eigenvalue weighted by Crippen LogP contribution is 2.35. The Morgan fingerprint density at radius 1 is 1.30 bits per heavy atom. The number of piperidine rings is 1. The number of alkyl halides is 3. The zero-order valence-electron chi connectivity index (χ0n) is 12.3. The molecule has 0 saturated carbocycles. The van der Waals surface area contributed by atoms with Crippen LogP contribution in [0, 0.1) is 5.92 Å². The van der Waals surface area contributed by atoms with Crippen molar-refractivity contribution in [2.75, 3.05) is 19.7 Å². The Labute approximate surface area is 131 Å². The third-order valence-electron chi connectivity index (χ3n) is 3.72. The van der Waals surface area contributed by atoms with Gasteiger partial charge in [0, 0.05) is 13.1 Å². The molecule has 0 aromatic heterocycles. The average Bonchev–Trinajstić information content (AvgIpc) is 2.52. The Morgan fingerprint density at radius 2 is 2.00 bits per heavy atom. The summed E-state index contributed by atoms with van der Waals surface area (Å²) in [5.74, 6) is -1.76. The van der Waals surface area contributed by atoms with Gasteiger partial charge in [-0.25, -0.2) is 0 Å². The molecule has 0 spiro atoms. The molecule has 1 aromatic rings. The van der Waals surface area contributed by atoms with Gasteiger partial charge in [-0.15, -0.1) is 0 Å². The number of hydrogen-bond donors (Lipinski definition) is 1. The number of carbonyl (C=O) groups excluding carboxylic acids is 2. The first-order valence-electron chi connectivity index (χ1n) is 7.15. The van der Waals surface area contributed by atoms with Crippen LogP contribution in [-0.2, 0) is 15.8 Å². The van der Waals surface area contributed by atoms with Crippen molar-refractivity contribution in [3.63, 3.8) is 0 Å². The molecule has 1 fully saturated rings. The second kappa shape index (κ2) is 6.89. The van der Waals surface area contributed by atoms with Crippen molar-refractivity contribution in [2.45, 2.75) is 19.0 Å². The van der Waals surface area contributed by atoms with Crippen molar-refractivity contribution in [3.8, 4) is 5.75 Å². The second-order valence-corrected chi connectivity index (χ2v) is 5.36. The number of halogens is 3. The van der Waals surface area contributed by atoms with E-state index < -0.39 is 41.8 Å². The number of likely N-dealkylation sites (tertiary alicyclic amines) is 1. The van der Waals surface area contributed by atoms with Crippen LogP contribution < -0.4 is 10.5 Å². The highest BCUT2D eigenvalue weighted by atomic mass is 19.4. The Balaban J connectivity index is 1.99. The number of amides is 2.